The number of likely N-dealkylation sites (N-methyl/N-ethyl adjacent to an activating group) is 1. The second-order valence-corrected chi connectivity index (χ2v) is 6.91. The van der Waals surface area contributed by atoms with Gasteiger partial charge in [-0.1, -0.05) is 6.07 Å². The lowest BCUT2D eigenvalue weighted by Crippen LogP contribution is -2.31. The standard InChI is InChI=1S/C21H25N3O/c1-15-21-18-13-17(25-3)6-7-19(18)24(20(21)9-11-23(15)2)12-8-16-5-4-10-22-14-16/h4-7,10,13-15H,8-9,11-12H2,1-3H3. The zero-order valence-corrected chi connectivity index (χ0v) is 15.2. The van der Waals surface area contributed by atoms with Crippen molar-refractivity contribution in [2.45, 2.75) is 32.4 Å². The van der Waals surface area contributed by atoms with Crippen LogP contribution in [0.25, 0.3) is 10.9 Å². The molecule has 3 heterocycles. The van der Waals surface area contributed by atoms with Gasteiger partial charge in [-0.3, -0.25) is 9.88 Å². The molecule has 4 heteroatoms. The summed E-state index contributed by atoms with van der Waals surface area (Å²) < 4.78 is 8.00. The van der Waals surface area contributed by atoms with Crippen LogP contribution in [0.3, 0.4) is 0 Å². The van der Waals surface area contributed by atoms with Gasteiger partial charge >= 0.3 is 0 Å². The van der Waals surface area contributed by atoms with Gasteiger partial charge in [0.15, 0.2) is 0 Å². The zero-order chi connectivity index (χ0) is 17.4. The number of pyridine rings is 1. The molecule has 2 aromatic heterocycles. The lowest BCUT2D eigenvalue weighted by molar-refractivity contribution is 0.245. The smallest absolute Gasteiger partial charge is 0.119 e. The molecule has 0 radical (unpaired) electrons. The van der Waals surface area contributed by atoms with E-state index < -0.39 is 0 Å². The fourth-order valence-electron chi connectivity index (χ4n) is 4.01. The molecule has 1 aromatic carbocycles. The third-order valence-electron chi connectivity index (χ3n) is 5.55. The van der Waals surface area contributed by atoms with Gasteiger partial charge in [0.1, 0.15) is 5.75 Å². The summed E-state index contributed by atoms with van der Waals surface area (Å²) in [6.45, 7) is 4.40. The van der Waals surface area contributed by atoms with Crippen molar-refractivity contribution in [3.8, 4) is 5.75 Å². The predicted molar refractivity (Wildman–Crippen MR) is 101 cm³/mol. The summed E-state index contributed by atoms with van der Waals surface area (Å²) >= 11 is 0. The van der Waals surface area contributed by atoms with E-state index in [0.29, 0.717) is 6.04 Å². The topological polar surface area (TPSA) is 30.3 Å². The van der Waals surface area contributed by atoms with Crippen molar-refractivity contribution in [3.63, 3.8) is 0 Å². The number of aryl methyl sites for hydroxylation is 2. The number of fused-ring (bicyclic) bond motifs is 3. The zero-order valence-electron chi connectivity index (χ0n) is 15.2. The van der Waals surface area contributed by atoms with E-state index in [0.717, 1.165) is 31.7 Å². The van der Waals surface area contributed by atoms with Crippen LogP contribution in [0, 0.1) is 0 Å². The molecule has 0 bridgehead atoms. The number of ether oxygens (including phenoxy) is 1. The van der Waals surface area contributed by atoms with E-state index in [4.69, 9.17) is 4.74 Å². The largest absolute Gasteiger partial charge is 0.497 e. The Morgan fingerprint density at radius 3 is 2.92 bits per heavy atom. The Hall–Kier alpha value is -2.33. The van der Waals surface area contributed by atoms with Crippen LogP contribution in [0.15, 0.2) is 42.7 Å². The number of rotatable bonds is 4. The van der Waals surface area contributed by atoms with Crippen LogP contribution in [0.2, 0.25) is 0 Å². The predicted octanol–water partition coefficient (Wildman–Crippen LogP) is 3.84. The summed E-state index contributed by atoms with van der Waals surface area (Å²) in [6.07, 6.45) is 5.90. The molecule has 25 heavy (non-hydrogen) atoms. The molecule has 0 spiro atoms. The first-order chi connectivity index (χ1) is 12.2. The molecular formula is C21H25N3O. The van der Waals surface area contributed by atoms with E-state index >= 15 is 0 Å². The second kappa shape index (κ2) is 6.52. The Labute approximate surface area is 149 Å². The molecule has 1 atom stereocenters. The van der Waals surface area contributed by atoms with E-state index in [2.05, 4.69) is 52.7 Å². The van der Waals surface area contributed by atoms with Crippen LogP contribution >= 0.6 is 0 Å². The lowest BCUT2D eigenvalue weighted by Gasteiger charge is -2.31. The first-order valence-electron chi connectivity index (χ1n) is 8.97. The molecule has 0 N–H and O–H groups in total. The second-order valence-electron chi connectivity index (χ2n) is 6.91. The van der Waals surface area contributed by atoms with Gasteiger partial charge in [0, 0.05) is 54.5 Å². The van der Waals surface area contributed by atoms with Gasteiger partial charge in [-0.2, -0.15) is 0 Å². The molecule has 1 unspecified atom stereocenters. The molecule has 130 valence electrons. The van der Waals surface area contributed by atoms with E-state index in [1.807, 2.05) is 18.5 Å². The van der Waals surface area contributed by atoms with Crippen LogP contribution < -0.4 is 4.74 Å². The maximum absolute atomic E-state index is 5.48. The van der Waals surface area contributed by atoms with Gasteiger partial charge in [0.2, 0.25) is 0 Å². The minimum absolute atomic E-state index is 0.429. The summed E-state index contributed by atoms with van der Waals surface area (Å²) in [4.78, 5) is 6.68. The van der Waals surface area contributed by atoms with Crippen LogP contribution in [-0.4, -0.2) is 35.2 Å². The van der Waals surface area contributed by atoms with Crippen molar-refractivity contribution >= 4 is 10.9 Å². The average molecular weight is 335 g/mol. The van der Waals surface area contributed by atoms with Gasteiger partial charge in [-0.25, -0.2) is 0 Å². The van der Waals surface area contributed by atoms with E-state index in [9.17, 15) is 0 Å². The van der Waals surface area contributed by atoms with Crippen molar-refractivity contribution in [2.24, 2.45) is 0 Å². The van der Waals surface area contributed by atoms with Crippen LogP contribution in [0.4, 0.5) is 0 Å². The summed E-state index contributed by atoms with van der Waals surface area (Å²) in [5.74, 6) is 0.931. The molecule has 3 aromatic rings. The summed E-state index contributed by atoms with van der Waals surface area (Å²) in [5, 5.41) is 1.33. The highest BCUT2D eigenvalue weighted by molar-refractivity contribution is 5.87. The van der Waals surface area contributed by atoms with Gasteiger partial charge in [0.25, 0.3) is 0 Å². The third kappa shape index (κ3) is 2.81. The highest BCUT2D eigenvalue weighted by Crippen LogP contribution is 2.38. The monoisotopic (exact) mass is 335 g/mol. The SMILES string of the molecule is COc1ccc2c(c1)c1c(n2CCc2cccnc2)CCN(C)C1C. The molecule has 4 nitrogen and oxygen atoms in total. The van der Waals surface area contributed by atoms with Crippen molar-refractivity contribution in [1.82, 2.24) is 14.5 Å². The fourth-order valence-corrected chi connectivity index (χ4v) is 4.01. The minimum Gasteiger partial charge on any atom is -0.497 e. The number of hydrogen-bond acceptors (Lipinski definition) is 3. The Morgan fingerprint density at radius 2 is 2.16 bits per heavy atom. The molecule has 0 saturated heterocycles. The van der Waals surface area contributed by atoms with E-state index in [1.54, 1.807) is 7.11 Å². The molecule has 0 saturated carbocycles. The van der Waals surface area contributed by atoms with Crippen molar-refractivity contribution in [3.05, 3.63) is 59.5 Å². The average Bonchev–Trinajstić information content (AvgIpc) is 2.97. The van der Waals surface area contributed by atoms with Crippen molar-refractivity contribution in [1.29, 1.82) is 0 Å². The summed E-state index contributed by atoms with van der Waals surface area (Å²) in [7, 11) is 3.95. The van der Waals surface area contributed by atoms with Crippen LogP contribution in [0.5, 0.6) is 5.75 Å². The van der Waals surface area contributed by atoms with Crippen LogP contribution in [0.1, 0.15) is 29.8 Å². The van der Waals surface area contributed by atoms with Gasteiger partial charge in [-0.15, -0.1) is 0 Å². The van der Waals surface area contributed by atoms with Gasteiger partial charge in [-0.05, 0) is 55.8 Å². The number of nitrogens with zero attached hydrogens (tertiary/aromatic N) is 3. The first kappa shape index (κ1) is 16.2. The first-order valence-corrected chi connectivity index (χ1v) is 8.97. The Bertz CT molecular complexity index is 885. The summed E-state index contributed by atoms with van der Waals surface area (Å²) in [6, 6.07) is 11.1. The van der Waals surface area contributed by atoms with Gasteiger partial charge < -0.3 is 9.30 Å². The number of hydrogen-bond donors (Lipinski definition) is 0. The molecule has 0 aliphatic carbocycles. The quantitative estimate of drug-likeness (QED) is 0.726. The fraction of sp³-hybridized carbons (Fsp3) is 0.381. The van der Waals surface area contributed by atoms with E-state index in [-0.39, 0.29) is 0 Å². The molecule has 0 fully saturated rings. The number of methoxy groups -OCH3 is 1. The van der Waals surface area contributed by atoms with E-state index in [1.165, 1.54) is 27.7 Å². The molecule has 0 amide bonds. The summed E-state index contributed by atoms with van der Waals surface area (Å²) in [5.41, 5.74) is 5.55. The van der Waals surface area contributed by atoms with Crippen molar-refractivity contribution < 1.29 is 4.74 Å². The minimum atomic E-state index is 0.429. The molecular weight excluding hydrogens is 310 g/mol. The highest BCUT2D eigenvalue weighted by Gasteiger charge is 2.28. The Morgan fingerprint density at radius 1 is 1.28 bits per heavy atom. The van der Waals surface area contributed by atoms with Gasteiger partial charge in [0.05, 0.1) is 7.11 Å². The maximum atomic E-state index is 5.48. The highest BCUT2D eigenvalue weighted by atomic mass is 16.5. The van der Waals surface area contributed by atoms with Crippen molar-refractivity contribution in [2.75, 3.05) is 20.7 Å². The Kier molecular flexibility index (Phi) is 4.22. The number of aromatic nitrogens is 2. The maximum Gasteiger partial charge on any atom is 0.119 e. The molecule has 4 rings (SSSR count). The molecule has 1 aliphatic heterocycles. The normalized spacial score (nSPS) is 17.6. The third-order valence-corrected chi connectivity index (χ3v) is 5.55. The van der Waals surface area contributed by atoms with Crippen LogP contribution in [-0.2, 0) is 19.4 Å². The number of benzene rings is 1. The Balaban J connectivity index is 1.80. The molecule has 1 aliphatic rings. The lowest BCUT2D eigenvalue weighted by atomic mass is 9.97.